The zero-order valence-electron chi connectivity index (χ0n) is 13.2. The Morgan fingerprint density at radius 3 is 2.11 bits per heavy atom. The van der Waals surface area contributed by atoms with Gasteiger partial charge in [-0.15, -0.1) is 0 Å². The lowest BCUT2D eigenvalue weighted by Gasteiger charge is -2.23. The van der Waals surface area contributed by atoms with Crippen molar-refractivity contribution in [1.29, 1.82) is 0 Å². The number of hydrogen-bond donors (Lipinski definition) is 0. The predicted molar refractivity (Wildman–Crippen MR) is 80.6 cm³/mol. The molecule has 0 saturated carbocycles. The molecule has 0 bridgehead atoms. The van der Waals surface area contributed by atoms with Gasteiger partial charge in [-0.2, -0.15) is 0 Å². The molecule has 0 aliphatic carbocycles. The van der Waals surface area contributed by atoms with Gasteiger partial charge in [0.25, 0.3) is 0 Å². The first kappa shape index (κ1) is 14.0. The van der Waals surface area contributed by atoms with Crippen LogP contribution in [0.5, 0.6) is 0 Å². The summed E-state index contributed by atoms with van der Waals surface area (Å²) in [6.07, 6.45) is 3.94. The highest BCUT2D eigenvalue weighted by molar-refractivity contribution is 5.85. The maximum Gasteiger partial charge on any atom is 0.143 e. The van der Waals surface area contributed by atoms with Crippen LogP contribution in [0.25, 0.3) is 11.0 Å². The van der Waals surface area contributed by atoms with Gasteiger partial charge < -0.3 is 4.57 Å². The average molecular weight is 259 g/mol. The van der Waals surface area contributed by atoms with Crippen molar-refractivity contribution in [3.63, 3.8) is 0 Å². The third-order valence-corrected chi connectivity index (χ3v) is 3.51. The van der Waals surface area contributed by atoms with Gasteiger partial charge in [-0.1, -0.05) is 41.5 Å². The Kier molecular flexibility index (Phi) is 3.20. The van der Waals surface area contributed by atoms with Crippen molar-refractivity contribution in [2.45, 2.75) is 65.8 Å². The summed E-state index contributed by atoms with van der Waals surface area (Å²) in [5.41, 5.74) is 3.68. The van der Waals surface area contributed by atoms with Crippen LogP contribution in [0.2, 0.25) is 0 Å². The minimum absolute atomic E-state index is 0.0289. The van der Waals surface area contributed by atoms with E-state index in [2.05, 4.69) is 69.2 Å². The van der Waals surface area contributed by atoms with Crippen LogP contribution in [-0.4, -0.2) is 14.5 Å². The molecule has 0 N–H and O–H groups in total. The van der Waals surface area contributed by atoms with Gasteiger partial charge in [0.2, 0.25) is 0 Å². The van der Waals surface area contributed by atoms with Gasteiger partial charge in [-0.25, -0.2) is 9.97 Å². The summed E-state index contributed by atoms with van der Waals surface area (Å²) in [5.74, 6) is 0. The third kappa shape index (κ3) is 2.38. The van der Waals surface area contributed by atoms with E-state index in [4.69, 9.17) is 0 Å². The first-order chi connectivity index (χ1) is 8.66. The number of aromatic nitrogens is 3. The maximum atomic E-state index is 4.58. The number of nitrogens with zero attached hydrogens (tertiary/aromatic N) is 3. The molecule has 104 valence electrons. The number of rotatable bonds is 1. The van der Waals surface area contributed by atoms with Gasteiger partial charge in [0.05, 0.1) is 5.69 Å². The predicted octanol–water partition coefficient (Wildman–Crippen LogP) is 4.05. The highest BCUT2D eigenvalue weighted by Crippen LogP contribution is 2.36. The molecule has 0 atom stereocenters. The van der Waals surface area contributed by atoms with Gasteiger partial charge in [-0.05, 0) is 17.9 Å². The second-order valence-corrected chi connectivity index (χ2v) is 7.25. The summed E-state index contributed by atoms with van der Waals surface area (Å²) in [6.45, 7) is 16.5. The Bertz CT molecular complexity index is 595. The molecule has 0 aliphatic heterocycles. The third-order valence-electron chi connectivity index (χ3n) is 3.51. The number of fused-ring (bicyclic) bond motifs is 1. The van der Waals surface area contributed by atoms with Crippen LogP contribution in [0, 0.1) is 0 Å². The summed E-state index contributed by atoms with van der Waals surface area (Å²) in [7, 11) is 0. The molecule has 2 heterocycles. The van der Waals surface area contributed by atoms with E-state index in [1.807, 2.05) is 0 Å². The number of hydrogen-bond acceptors (Lipinski definition) is 2. The fourth-order valence-corrected chi connectivity index (χ4v) is 2.50. The average Bonchev–Trinajstić information content (AvgIpc) is 2.65. The molecule has 0 saturated heterocycles. The zero-order valence-corrected chi connectivity index (χ0v) is 13.2. The van der Waals surface area contributed by atoms with E-state index in [-0.39, 0.29) is 10.8 Å². The Labute approximate surface area is 116 Å². The van der Waals surface area contributed by atoms with E-state index in [9.17, 15) is 0 Å². The lowest BCUT2D eigenvalue weighted by atomic mass is 9.82. The van der Waals surface area contributed by atoms with Gasteiger partial charge >= 0.3 is 0 Å². The fourth-order valence-electron chi connectivity index (χ4n) is 2.50. The highest BCUT2D eigenvalue weighted by Gasteiger charge is 2.27. The molecule has 3 heteroatoms. The minimum atomic E-state index is 0.0289. The standard InChI is InChI=1S/C16H25N3/c1-8-19-9-11(15(2,3)4)12-13(16(5,6)7)17-10-18-14(12)19/h9-10H,8H2,1-7H3. The zero-order chi connectivity index (χ0) is 14.4. The molecule has 0 aliphatic rings. The second-order valence-electron chi connectivity index (χ2n) is 7.25. The molecule has 2 aromatic heterocycles. The molecule has 0 spiro atoms. The first-order valence-corrected chi connectivity index (χ1v) is 7.01. The van der Waals surface area contributed by atoms with Crippen molar-refractivity contribution < 1.29 is 0 Å². The van der Waals surface area contributed by atoms with Crippen molar-refractivity contribution in [3.8, 4) is 0 Å². The molecule has 0 aromatic carbocycles. The molecule has 19 heavy (non-hydrogen) atoms. The molecule has 0 fully saturated rings. The van der Waals surface area contributed by atoms with Crippen LogP contribution in [-0.2, 0) is 17.4 Å². The molecular weight excluding hydrogens is 234 g/mol. The van der Waals surface area contributed by atoms with Crippen LogP contribution < -0.4 is 0 Å². The summed E-state index contributed by atoms with van der Waals surface area (Å²) in [6, 6.07) is 0. The molecule has 0 amide bonds. The first-order valence-electron chi connectivity index (χ1n) is 7.01. The molecule has 0 unspecified atom stereocenters. The van der Waals surface area contributed by atoms with Crippen LogP contribution >= 0.6 is 0 Å². The van der Waals surface area contributed by atoms with E-state index >= 15 is 0 Å². The Morgan fingerprint density at radius 1 is 1.00 bits per heavy atom. The topological polar surface area (TPSA) is 30.7 Å². The van der Waals surface area contributed by atoms with Crippen LogP contribution in [0.4, 0.5) is 0 Å². The summed E-state index contributed by atoms with van der Waals surface area (Å²) < 4.78 is 2.23. The van der Waals surface area contributed by atoms with E-state index in [1.54, 1.807) is 6.33 Å². The lowest BCUT2D eigenvalue weighted by molar-refractivity contribution is 0.566. The van der Waals surface area contributed by atoms with Gasteiger partial charge in [0.1, 0.15) is 12.0 Å². The highest BCUT2D eigenvalue weighted by atomic mass is 15.0. The molecule has 2 rings (SSSR count). The van der Waals surface area contributed by atoms with E-state index in [0.717, 1.165) is 17.9 Å². The SMILES string of the molecule is CCn1cc(C(C)(C)C)c2c(C(C)(C)C)ncnc21. The normalized spacial score (nSPS) is 13.2. The van der Waals surface area contributed by atoms with Gasteiger partial charge in [0, 0.05) is 23.5 Å². The van der Waals surface area contributed by atoms with Crippen molar-refractivity contribution >= 4 is 11.0 Å². The molecule has 2 aromatic rings. The monoisotopic (exact) mass is 259 g/mol. The lowest BCUT2D eigenvalue weighted by Crippen LogP contribution is -2.17. The van der Waals surface area contributed by atoms with E-state index < -0.39 is 0 Å². The van der Waals surface area contributed by atoms with E-state index in [1.165, 1.54) is 10.9 Å². The Balaban J connectivity index is 2.90. The van der Waals surface area contributed by atoms with Crippen molar-refractivity contribution in [2.24, 2.45) is 0 Å². The largest absolute Gasteiger partial charge is 0.332 e. The van der Waals surface area contributed by atoms with Gasteiger partial charge in [-0.3, -0.25) is 0 Å². The molecular formula is C16H25N3. The smallest absolute Gasteiger partial charge is 0.143 e. The summed E-state index contributed by atoms with van der Waals surface area (Å²) in [4.78, 5) is 9.09. The molecule has 0 radical (unpaired) electrons. The van der Waals surface area contributed by atoms with Crippen molar-refractivity contribution in [2.75, 3.05) is 0 Å². The Morgan fingerprint density at radius 2 is 1.63 bits per heavy atom. The fraction of sp³-hybridized carbons (Fsp3) is 0.625. The molecule has 3 nitrogen and oxygen atoms in total. The summed E-state index contributed by atoms with van der Waals surface area (Å²) >= 11 is 0. The van der Waals surface area contributed by atoms with Crippen LogP contribution in [0.15, 0.2) is 12.5 Å². The van der Waals surface area contributed by atoms with E-state index in [0.29, 0.717) is 0 Å². The maximum absolute atomic E-state index is 4.58. The van der Waals surface area contributed by atoms with Gasteiger partial charge in [0.15, 0.2) is 0 Å². The summed E-state index contributed by atoms with van der Waals surface area (Å²) in [5, 5.41) is 1.24. The Hall–Kier alpha value is -1.38. The number of aryl methyl sites for hydroxylation is 1. The quantitative estimate of drug-likeness (QED) is 0.773. The van der Waals surface area contributed by atoms with Crippen molar-refractivity contribution in [3.05, 3.63) is 23.8 Å². The second kappa shape index (κ2) is 4.32. The minimum Gasteiger partial charge on any atom is -0.332 e. The van der Waals surface area contributed by atoms with Crippen molar-refractivity contribution in [1.82, 2.24) is 14.5 Å². The van der Waals surface area contributed by atoms with Crippen LogP contribution in [0.1, 0.15) is 59.7 Å². The van der Waals surface area contributed by atoms with Crippen LogP contribution in [0.3, 0.4) is 0 Å².